The number of halogens is 1. The van der Waals surface area contributed by atoms with Crippen molar-refractivity contribution in [1.82, 2.24) is 5.32 Å². The van der Waals surface area contributed by atoms with Crippen molar-refractivity contribution in [2.45, 2.75) is 45.7 Å². The molecule has 17 heavy (non-hydrogen) atoms. The van der Waals surface area contributed by atoms with Gasteiger partial charge in [-0.3, -0.25) is 0 Å². The summed E-state index contributed by atoms with van der Waals surface area (Å²) < 4.78 is 0. The molecular formula is C14H23ClNO-. The number of aliphatic hydroxyl groups is 1. The Kier molecular flexibility index (Phi) is 8.23. The van der Waals surface area contributed by atoms with Crippen molar-refractivity contribution in [3.8, 4) is 0 Å². The fourth-order valence-electron chi connectivity index (χ4n) is 1.62. The predicted octanol–water partition coefficient (Wildman–Crippen LogP) is -0.325. The summed E-state index contributed by atoms with van der Waals surface area (Å²) in [6.45, 7) is 7.52. The molecule has 0 bridgehead atoms. The molecule has 0 aliphatic heterocycles. The second-order valence-corrected chi connectivity index (χ2v) is 4.56. The number of hydrogen-bond donors (Lipinski definition) is 2. The van der Waals surface area contributed by atoms with E-state index in [-0.39, 0.29) is 25.1 Å². The standard InChI is InChI=1S/C14H23NO.ClH/c1-4-14(10-16)15-9-12-5-7-13(8-6-12)11(2)3;/h5-8,11,14-16H,4,9-10H2,1-3H3;1H/p-1. The van der Waals surface area contributed by atoms with Crippen molar-refractivity contribution >= 4 is 0 Å². The summed E-state index contributed by atoms with van der Waals surface area (Å²) in [5, 5.41) is 12.4. The van der Waals surface area contributed by atoms with Gasteiger partial charge >= 0.3 is 0 Å². The quantitative estimate of drug-likeness (QED) is 0.731. The van der Waals surface area contributed by atoms with Gasteiger partial charge in [0.15, 0.2) is 0 Å². The number of rotatable bonds is 6. The minimum atomic E-state index is 0. The molecule has 0 aliphatic rings. The maximum atomic E-state index is 9.06. The Morgan fingerprint density at radius 2 is 1.76 bits per heavy atom. The van der Waals surface area contributed by atoms with Gasteiger partial charge in [-0.2, -0.15) is 0 Å². The van der Waals surface area contributed by atoms with E-state index in [4.69, 9.17) is 5.11 Å². The third kappa shape index (κ3) is 5.53. The predicted molar refractivity (Wildman–Crippen MR) is 68.5 cm³/mol. The summed E-state index contributed by atoms with van der Waals surface area (Å²) >= 11 is 0. The SMILES string of the molecule is CCC(CO)NCc1ccc(C(C)C)cc1.[Cl-]. The lowest BCUT2D eigenvalue weighted by molar-refractivity contribution is -0.00000455. The first-order valence-corrected chi connectivity index (χ1v) is 6.10. The molecule has 98 valence electrons. The minimum absolute atomic E-state index is 0. The van der Waals surface area contributed by atoms with Crippen molar-refractivity contribution in [3.63, 3.8) is 0 Å². The van der Waals surface area contributed by atoms with E-state index in [2.05, 4.69) is 50.4 Å². The molecule has 1 aromatic rings. The van der Waals surface area contributed by atoms with Gasteiger partial charge in [-0.1, -0.05) is 45.0 Å². The van der Waals surface area contributed by atoms with Gasteiger partial charge in [0, 0.05) is 12.6 Å². The number of benzene rings is 1. The summed E-state index contributed by atoms with van der Waals surface area (Å²) in [6, 6.07) is 8.90. The van der Waals surface area contributed by atoms with Gasteiger partial charge in [0.1, 0.15) is 0 Å². The van der Waals surface area contributed by atoms with E-state index in [9.17, 15) is 0 Å². The summed E-state index contributed by atoms with van der Waals surface area (Å²) in [5.74, 6) is 0.586. The van der Waals surface area contributed by atoms with Gasteiger partial charge in [-0.05, 0) is 23.5 Å². The highest BCUT2D eigenvalue weighted by Crippen LogP contribution is 2.14. The van der Waals surface area contributed by atoms with Crippen LogP contribution in [0.25, 0.3) is 0 Å². The van der Waals surface area contributed by atoms with Crippen molar-refractivity contribution in [2.24, 2.45) is 0 Å². The van der Waals surface area contributed by atoms with Crippen LogP contribution >= 0.6 is 0 Å². The van der Waals surface area contributed by atoms with Crippen LogP contribution in [0.1, 0.15) is 44.2 Å². The van der Waals surface area contributed by atoms with Crippen LogP contribution in [0.2, 0.25) is 0 Å². The first-order chi connectivity index (χ1) is 7.67. The zero-order valence-corrected chi connectivity index (χ0v) is 11.7. The summed E-state index contributed by atoms with van der Waals surface area (Å²) in [7, 11) is 0. The second kappa shape index (κ2) is 8.51. The van der Waals surface area contributed by atoms with Crippen LogP contribution in [0.3, 0.4) is 0 Å². The second-order valence-electron chi connectivity index (χ2n) is 4.56. The lowest BCUT2D eigenvalue weighted by Gasteiger charge is -2.14. The Balaban J connectivity index is 0.00000256. The Morgan fingerprint density at radius 3 is 2.18 bits per heavy atom. The molecule has 2 N–H and O–H groups in total. The molecule has 0 aliphatic carbocycles. The van der Waals surface area contributed by atoms with Crippen molar-refractivity contribution < 1.29 is 17.5 Å². The highest BCUT2D eigenvalue weighted by molar-refractivity contribution is 5.24. The fourth-order valence-corrected chi connectivity index (χ4v) is 1.62. The van der Waals surface area contributed by atoms with Gasteiger partial charge in [-0.25, -0.2) is 0 Å². The molecule has 0 aromatic heterocycles. The Hall–Kier alpha value is -0.570. The lowest BCUT2D eigenvalue weighted by atomic mass is 10.0. The molecule has 3 heteroatoms. The molecule has 0 heterocycles. The molecule has 2 nitrogen and oxygen atoms in total. The average molecular weight is 257 g/mol. The number of hydrogen-bond acceptors (Lipinski definition) is 2. The molecule has 0 spiro atoms. The van der Waals surface area contributed by atoms with Crippen LogP contribution in [-0.2, 0) is 6.54 Å². The van der Waals surface area contributed by atoms with Crippen molar-refractivity contribution in [2.75, 3.05) is 6.61 Å². The Morgan fingerprint density at radius 1 is 1.18 bits per heavy atom. The molecule has 1 atom stereocenters. The summed E-state index contributed by atoms with van der Waals surface area (Å²) in [6.07, 6.45) is 0.959. The van der Waals surface area contributed by atoms with E-state index in [0.717, 1.165) is 13.0 Å². The van der Waals surface area contributed by atoms with E-state index in [1.54, 1.807) is 0 Å². The molecule has 0 amide bonds. The largest absolute Gasteiger partial charge is 1.00 e. The Labute approximate surface area is 111 Å². The van der Waals surface area contributed by atoms with Crippen molar-refractivity contribution in [3.05, 3.63) is 35.4 Å². The number of aliphatic hydroxyl groups excluding tert-OH is 1. The minimum Gasteiger partial charge on any atom is -1.00 e. The van der Waals surface area contributed by atoms with Gasteiger partial charge in [0.2, 0.25) is 0 Å². The van der Waals surface area contributed by atoms with Crippen LogP contribution in [0.15, 0.2) is 24.3 Å². The molecule has 1 rings (SSSR count). The monoisotopic (exact) mass is 256 g/mol. The van der Waals surface area contributed by atoms with Crippen LogP contribution in [0.4, 0.5) is 0 Å². The maximum Gasteiger partial charge on any atom is 0.0584 e. The maximum absolute atomic E-state index is 9.06. The van der Waals surface area contributed by atoms with E-state index in [1.807, 2.05) is 0 Å². The third-order valence-electron chi connectivity index (χ3n) is 2.95. The number of nitrogens with one attached hydrogen (secondary N) is 1. The average Bonchev–Trinajstić information content (AvgIpc) is 2.31. The molecule has 1 aromatic carbocycles. The molecular weight excluding hydrogens is 234 g/mol. The van der Waals surface area contributed by atoms with Gasteiger partial charge in [-0.15, -0.1) is 0 Å². The van der Waals surface area contributed by atoms with Crippen LogP contribution in [0, 0.1) is 0 Å². The topological polar surface area (TPSA) is 32.3 Å². The smallest absolute Gasteiger partial charge is 0.0584 e. The zero-order chi connectivity index (χ0) is 12.0. The van der Waals surface area contributed by atoms with E-state index < -0.39 is 0 Å². The van der Waals surface area contributed by atoms with Crippen LogP contribution < -0.4 is 17.7 Å². The van der Waals surface area contributed by atoms with Gasteiger partial charge < -0.3 is 22.8 Å². The summed E-state index contributed by atoms with van der Waals surface area (Å²) in [5.41, 5.74) is 2.65. The fraction of sp³-hybridized carbons (Fsp3) is 0.571. The highest BCUT2D eigenvalue weighted by atomic mass is 35.5. The van der Waals surface area contributed by atoms with Crippen LogP contribution in [0.5, 0.6) is 0 Å². The molecule has 0 saturated carbocycles. The van der Waals surface area contributed by atoms with Crippen molar-refractivity contribution in [1.29, 1.82) is 0 Å². The molecule has 0 radical (unpaired) electrons. The van der Waals surface area contributed by atoms with Gasteiger partial charge in [0.05, 0.1) is 6.61 Å². The third-order valence-corrected chi connectivity index (χ3v) is 2.95. The lowest BCUT2D eigenvalue weighted by Crippen LogP contribution is -3.00. The Bertz CT molecular complexity index is 294. The first-order valence-electron chi connectivity index (χ1n) is 6.10. The zero-order valence-electron chi connectivity index (χ0n) is 10.9. The highest BCUT2D eigenvalue weighted by Gasteiger charge is 2.03. The molecule has 1 unspecified atom stereocenters. The van der Waals surface area contributed by atoms with Gasteiger partial charge in [0.25, 0.3) is 0 Å². The molecule has 0 fully saturated rings. The summed E-state index contributed by atoms with van der Waals surface area (Å²) in [4.78, 5) is 0. The van der Waals surface area contributed by atoms with E-state index >= 15 is 0 Å². The van der Waals surface area contributed by atoms with E-state index in [0.29, 0.717) is 5.92 Å². The van der Waals surface area contributed by atoms with E-state index in [1.165, 1.54) is 11.1 Å². The van der Waals surface area contributed by atoms with Crippen LogP contribution in [-0.4, -0.2) is 17.8 Å². The molecule has 0 saturated heterocycles. The first kappa shape index (κ1) is 16.4. The normalized spacial score (nSPS) is 12.3.